The van der Waals surface area contributed by atoms with Gasteiger partial charge in [0.15, 0.2) is 11.6 Å². The normalized spacial score (nSPS) is 10.5. The average molecular weight is 501 g/mol. The number of benzene rings is 3. The van der Waals surface area contributed by atoms with Crippen molar-refractivity contribution in [3.63, 3.8) is 0 Å². The van der Waals surface area contributed by atoms with Crippen molar-refractivity contribution >= 4 is 29.6 Å². The molecule has 0 saturated heterocycles. The van der Waals surface area contributed by atoms with Crippen molar-refractivity contribution in [3.05, 3.63) is 112 Å². The second kappa shape index (κ2) is 14.9. The van der Waals surface area contributed by atoms with Crippen LogP contribution in [-0.4, -0.2) is 36.7 Å². The third-order valence-electron chi connectivity index (χ3n) is 5.08. The minimum atomic E-state index is -0.599. The van der Waals surface area contributed by atoms with Gasteiger partial charge in [-0.15, -0.1) is 0 Å². The van der Waals surface area contributed by atoms with Gasteiger partial charge in [0.05, 0.1) is 13.2 Å². The summed E-state index contributed by atoms with van der Waals surface area (Å²) in [6.45, 7) is 7.78. The van der Waals surface area contributed by atoms with Crippen molar-refractivity contribution in [2.24, 2.45) is 0 Å². The van der Waals surface area contributed by atoms with E-state index in [4.69, 9.17) is 9.47 Å². The van der Waals surface area contributed by atoms with Crippen LogP contribution in [0.4, 0.5) is 0 Å². The summed E-state index contributed by atoms with van der Waals surface area (Å²) in [6.07, 6.45) is 1.39. The molecule has 192 valence electrons. The van der Waals surface area contributed by atoms with Crippen molar-refractivity contribution in [1.29, 1.82) is 0 Å². The minimum Gasteiger partial charge on any atom is -0.466 e. The molecule has 3 rings (SSSR count). The largest absolute Gasteiger partial charge is 0.466 e. The van der Waals surface area contributed by atoms with Gasteiger partial charge in [-0.1, -0.05) is 77.9 Å². The highest BCUT2D eigenvalue weighted by Crippen LogP contribution is 2.16. The molecule has 0 saturated carbocycles. The van der Waals surface area contributed by atoms with E-state index in [-0.39, 0.29) is 30.2 Å². The maximum Gasteiger partial charge on any atom is 0.342 e. The second-order valence-corrected chi connectivity index (χ2v) is 8.16. The number of ketones is 2. The van der Waals surface area contributed by atoms with Crippen LogP contribution in [0, 0.1) is 13.8 Å². The van der Waals surface area contributed by atoms with Gasteiger partial charge in [-0.05, 0) is 51.5 Å². The molecule has 0 spiro atoms. The Morgan fingerprint density at radius 1 is 0.703 bits per heavy atom. The molecule has 0 fully saturated rings. The third-order valence-corrected chi connectivity index (χ3v) is 5.08. The lowest BCUT2D eigenvalue weighted by molar-refractivity contribution is -0.142. The van der Waals surface area contributed by atoms with E-state index < -0.39 is 11.9 Å². The molecule has 0 amide bonds. The summed E-state index contributed by atoms with van der Waals surface area (Å²) in [7, 11) is 0. The fourth-order valence-electron chi connectivity index (χ4n) is 3.35. The van der Waals surface area contributed by atoms with Gasteiger partial charge in [0.1, 0.15) is 12.0 Å². The van der Waals surface area contributed by atoms with Crippen molar-refractivity contribution in [3.8, 4) is 0 Å². The fraction of sp³-hybridized carbons (Fsp3) is 0.226. The Morgan fingerprint density at radius 3 is 1.84 bits per heavy atom. The number of Topliss-reactive ketones (excluding diaryl/α,β-unsaturated/α-hetero) is 2. The maximum absolute atomic E-state index is 12.6. The minimum absolute atomic E-state index is 0.0404. The standard InChI is InChI=1S/C19H18O3.C12H14O3/c1-3-22-19(21)17(13-15-9-5-4-6-10-15)18(20)16-11-7-8-14(2)12-16;1-3-15-12(14)8-11(13)10-6-4-5-9(2)7-10/h4-13H,3H2,1-2H3;4-7H,3,8H2,1-2H3. The van der Waals surface area contributed by atoms with Gasteiger partial charge in [0.25, 0.3) is 0 Å². The molecule has 37 heavy (non-hydrogen) atoms. The van der Waals surface area contributed by atoms with Crippen LogP contribution in [0.3, 0.4) is 0 Å². The van der Waals surface area contributed by atoms with Crippen molar-refractivity contribution < 1.29 is 28.7 Å². The molecule has 0 bridgehead atoms. The molecule has 3 aromatic carbocycles. The zero-order valence-corrected chi connectivity index (χ0v) is 21.7. The first-order valence-corrected chi connectivity index (χ1v) is 12.1. The summed E-state index contributed by atoms with van der Waals surface area (Å²) < 4.78 is 9.73. The van der Waals surface area contributed by atoms with E-state index in [9.17, 15) is 19.2 Å². The van der Waals surface area contributed by atoms with Crippen LogP contribution in [0.1, 0.15) is 57.7 Å². The van der Waals surface area contributed by atoms with E-state index in [1.807, 2.05) is 56.3 Å². The van der Waals surface area contributed by atoms with Crippen LogP contribution < -0.4 is 0 Å². The molecule has 0 heterocycles. The number of rotatable bonds is 9. The van der Waals surface area contributed by atoms with E-state index in [2.05, 4.69) is 0 Å². The molecule has 0 N–H and O–H groups in total. The number of esters is 2. The summed E-state index contributed by atoms with van der Waals surface area (Å²) in [5.74, 6) is -1.59. The van der Waals surface area contributed by atoms with E-state index in [1.54, 1.807) is 56.3 Å². The van der Waals surface area contributed by atoms with Gasteiger partial charge in [-0.3, -0.25) is 14.4 Å². The first-order valence-electron chi connectivity index (χ1n) is 12.1. The molecule has 0 radical (unpaired) electrons. The highest BCUT2D eigenvalue weighted by Gasteiger charge is 2.21. The van der Waals surface area contributed by atoms with Gasteiger partial charge >= 0.3 is 11.9 Å². The van der Waals surface area contributed by atoms with E-state index in [0.29, 0.717) is 17.7 Å². The Hall–Kier alpha value is -4.32. The molecular weight excluding hydrogens is 468 g/mol. The van der Waals surface area contributed by atoms with Gasteiger partial charge in [0.2, 0.25) is 0 Å². The molecular formula is C31H32O6. The summed E-state index contributed by atoms with van der Waals surface area (Å²) >= 11 is 0. The topological polar surface area (TPSA) is 86.7 Å². The lowest BCUT2D eigenvalue weighted by Crippen LogP contribution is -2.16. The number of aryl methyl sites for hydroxylation is 2. The lowest BCUT2D eigenvalue weighted by atomic mass is 9.99. The fourth-order valence-corrected chi connectivity index (χ4v) is 3.35. The predicted octanol–water partition coefficient (Wildman–Crippen LogP) is 5.96. The van der Waals surface area contributed by atoms with Crippen LogP contribution in [0.5, 0.6) is 0 Å². The molecule has 0 atom stereocenters. The molecule has 0 aliphatic rings. The first-order chi connectivity index (χ1) is 17.7. The molecule has 0 unspecified atom stereocenters. The number of carbonyl (C=O) groups is 4. The molecule has 0 aromatic heterocycles. The lowest BCUT2D eigenvalue weighted by Gasteiger charge is -2.07. The Labute approximate surface area is 217 Å². The van der Waals surface area contributed by atoms with E-state index in [1.165, 1.54) is 0 Å². The number of carbonyl (C=O) groups excluding carboxylic acids is 4. The van der Waals surface area contributed by atoms with Gasteiger partial charge in [-0.2, -0.15) is 0 Å². The maximum atomic E-state index is 12.6. The molecule has 3 aromatic rings. The number of hydrogen-bond acceptors (Lipinski definition) is 6. The van der Waals surface area contributed by atoms with Crippen molar-refractivity contribution in [2.75, 3.05) is 13.2 Å². The average Bonchev–Trinajstić information content (AvgIpc) is 2.88. The highest BCUT2D eigenvalue weighted by atomic mass is 16.5. The Bertz CT molecular complexity index is 1260. The predicted molar refractivity (Wildman–Crippen MR) is 143 cm³/mol. The quantitative estimate of drug-likeness (QED) is 0.119. The monoisotopic (exact) mass is 500 g/mol. The van der Waals surface area contributed by atoms with E-state index in [0.717, 1.165) is 16.7 Å². The van der Waals surface area contributed by atoms with Crippen molar-refractivity contribution in [2.45, 2.75) is 34.1 Å². The van der Waals surface area contributed by atoms with Crippen LogP contribution in [0.2, 0.25) is 0 Å². The molecule has 0 aliphatic heterocycles. The van der Waals surface area contributed by atoms with Crippen LogP contribution >= 0.6 is 0 Å². The third kappa shape index (κ3) is 9.68. The van der Waals surface area contributed by atoms with E-state index >= 15 is 0 Å². The smallest absolute Gasteiger partial charge is 0.342 e. The number of ether oxygens (including phenoxy) is 2. The highest BCUT2D eigenvalue weighted by molar-refractivity contribution is 6.26. The second-order valence-electron chi connectivity index (χ2n) is 8.16. The van der Waals surface area contributed by atoms with Crippen molar-refractivity contribution in [1.82, 2.24) is 0 Å². The molecule has 0 aliphatic carbocycles. The summed E-state index contributed by atoms with van der Waals surface area (Å²) in [5.41, 5.74) is 3.84. The SMILES string of the molecule is CCOC(=O)C(=Cc1ccccc1)C(=O)c1cccc(C)c1.CCOC(=O)CC(=O)c1cccc(C)c1. The Morgan fingerprint density at radius 2 is 1.27 bits per heavy atom. The van der Waals surface area contributed by atoms with Crippen LogP contribution in [-0.2, 0) is 19.1 Å². The van der Waals surface area contributed by atoms with Gasteiger partial charge < -0.3 is 9.47 Å². The van der Waals surface area contributed by atoms with Crippen LogP contribution in [0.25, 0.3) is 6.08 Å². The summed E-state index contributed by atoms with van der Waals surface area (Å²) in [6, 6.07) is 23.6. The first kappa shape index (κ1) is 28.9. The Kier molecular flexibility index (Phi) is 11.7. The zero-order chi connectivity index (χ0) is 27.2. The Balaban J connectivity index is 0.000000281. The van der Waals surface area contributed by atoms with Gasteiger partial charge in [0, 0.05) is 11.1 Å². The summed E-state index contributed by atoms with van der Waals surface area (Å²) in [5, 5.41) is 0. The number of hydrogen-bond donors (Lipinski definition) is 0. The summed E-state index contributed by atoms with van der Waals surface area (Å²) in [4.78, 5) is 47.4. The van der Waals surface area contributed by atoms with Crippen LogP contribution in [0.15, 0.2) is 84.4 Å². The van der Waals surface area contributed by atoms with Gasteiger partial charge in [-0.25, -0.2) is 4.79 Å². The zero-order valence-electron chi connectivity index (χ0n) is 21.7. The molecule has 6 nitrogen and oxygen atoms in total. The molecule has 6 heteroatoms.